The summed E-state index contributed by atoms with van der Waals surface area (Å²) in [5.41, 5.74) is 0. The topological polar surface area (TPSA) is 0 Å². The van der Waals surface area contributed by atoms with Crippen LogP contribution in [0.3, 0.4) is 0 Å². The van der Waals surface area contributed by atoms with Crippen LogP contribution >= 0.6 is 43.1 Å². The van der Waals surface area contributed by atoms with Gasteiger partial charge in [0.05, 0.1) is 0 Å². The molecule has 0 spiro atoms. The molecule has 0 rings (SSSR count). The molecule has 0 N–H and O–H groups in total. The van der Waals surface area contributed by atoms with Gasteiger partial charge in [-0.1, -0.05) is 6.92 Å². The van der Waals surface area contributed by atoms with E-state index in [9.17, 15) is 0 Å². The first-order valence-electron chi connectivity index (χ1n) is 1.67. The lowest BCUT2D eigenvalue weighted by Gasteiger charge is -1.87. The van der Waals surface area contributed by atoms with Gasteiger partial charge in [0.1, 0.15) is 0 Å². The molecule has 0 saturated carbocycles. The maximum absolute atomic E-state index is 3.31. The zero-order valence-corrected chi connectivity index (χ0v) is 7.44. The normalized spacial score (nSPS) is 8.50. The van der Waals surface area contributed by atoms with E-state index in [2.05, 4.69) is 38.4 Å². The van der Waals surface area contributed by atoms with Gasteiger partial charge in [-0.05, 0) is 5.75 Å². The number of rotatable bonds is 2. The Labute approximate surface area is 59.4 Å². The van der Waals surface area contributed by atoms with Gasteiger partial charge in [0.15, 0.2) is 0 Å². The third-order valence-corrected chi connectivity index (χ3v) is 2.46. The van der Waals surface area contributed by atoms with E-state index in [4.69, 9.17) is 0 Å². The molecule has 0 heterocycles. The van der Waals surface area contributed by atoms with E-state index in [-0.39, 0.29) is 0 Å². The molecule has 0 nitrogen and oxygen atoms in total. The number of halogens is 2. The van der Waals surface area contributed by atoms with Gasteiger partial charge in [-0.15, -0.1) is 31.5 Å². The first-order chi connectivity index (χ1) is 2.77. The van der Waals surface area contributed by atoms with Crippen molar-refractivity contribution in [1.29, 1.82) is 0 Å². The predicted molar refractivity (Wildman–Crippen MR) is 41.7 cm³/mol. The summed E-state index contributed by atoms with van der Waals surface area (Å²) in [6.45, 7) is 2.13. The fourth-order valence-electron chi connectivity index (χ4n) is 0.126. The van der Waals surface area contributed by atoms with Crippen molar-refractivity contribution in [3.05, 3.63) is 0 Å². The molecule has 0 bridgehead atoms. The average Bonchev–Trinajstić information content (AvgIpc) is 1.35. The van der Waals surface area contributed by atoms with Gasteiger partial charge in [-0.25, -0.2) is 0 Å². The zero-order valence-electron chi connectivity index (χ0n) is 3.45. The summed E-state index contributed by atoms with van der Waals surface area (Å²) in [4.78, 5) is 0. The summed E-state index contributed by atoms with van der Waals surface area (Å²) in [5.74, 6) is 1.15. The van der Waals surface area contributed by atoms with Crippen LogP contribution in [0.1, 0.15) is 6.92 Å². The van der Waals surface area contributed by atoms with Gasteiger partial charge >= 0.3 is 3.64 Å². The maximum atomic E-state index is 3.31. The molecule has 0 amide bonds. The van der Waals surface area contributed by atoms with Gasteiger partial charge in [0.2, 0.25) is 0 Å². The van der Waals surface area contributed by atoms with Gasteiger partial charge in [0, 0.05) is 0 Å². The second kappa shape index (κ2) is 4.53. The molecule has 4 heteroatoms. The second-order valence-corrected chi connectivity index (χ2v) is 6.37. The van der Waals surface area contributed by atoms with Crippen LogP contribution in [0.4, 0.5) is 0 Å². The Morgan fingerprint density at radius 3 is 2.17 bits per heavy atom. The molecule has 0 radical (unpaired) electrons. The summed E-state index contributed by atoms with van der Waals surface area (Å²) in [5, 5.41) is 0. The average molecular weight is 232 g/mol. The fourth-order valence-corrected chi connectivity index (χ4v) is 1.96. The zero-order chi connectivity index (χ0) is 4.99. The largest absolute Gasteiger partial charge is 0.360 e. The van der Waals surface area contributed by atoms with Crippen LogP contribution in [0.15, 0.2) is 0 Å². The Balaban J connectivity index is 2.63. The number of hydrogen-bond donors (Lipinski definition) is 0. The van der Waals surface area contributed by atoms with E-state index in [0.717, 1.165) is 5.75 Å². The van der Waals surface area contributed by atoms with E-state index in [0.29, 0.717) is 3.64 Å². The Morgan fingerprint density at radius 2 is 2.17 bits per heavy atom. The van der Waals surface area contributed by atoms with Crippen molar-refractivity contribution in [3.63, 3.8) is 0 Å². The van der Waals surface area contributed by atoms with Crippen LogP contribution < -0.4 is 0 Å². The molecular weight excluding hydrogens is 227 g/mol. The monoisotopic (exact) mass is 230 g/mol. The quantitative estimate of drug-likeness (QED) is 0.659. The van der Waals surface area contributed by atoms with E-state index < -0.39 is 0 Å². The molecule has 6 heavy (non-hydrogen) atoms. The molecule has 0 atom stereocenters. The van der Waals surface area contributed by atoms with Gasteiger partial charge in [-0.2, -0.15) is 11.6 Å². The lowest BCUT2D eigenvalue weighted by atomic mass is 10.7. The lowest BCUT2D eigenvalue weighted by molar-refractivity contribution is 1.54. The smallest absolute Gasteiger partial charge is 0.183 e. The van der Waals surface area contributed by atoms with Crippen LogP contribution in [-0.2, 0) is 0 Å². The summed E-state index contributed by atoms with van der Waals surface area (Å²) < 4.78 is 0.440. The SMILES string of the molecule is CCSB(Br)Br. The first-order valence-corrected chi connectivity index (χ1v) is 4.55. The van der Waals surface area contributed by atoms with Crippen molar-refractivity contribution < 1.29 is 0 Å². The molecular formula is C2H5BBr2S. The van der Waals surface area contributed by atoms with Gasteiger partial charge in [0.25, 0.3) is 0 Å². The molecule has 0 aliphatic heterocycles. The molecule has 0 aliphatic carbocycles. The summed E-state index contributed by atoms with van der Waals surface area (Å²) in [6.07, 6.45) is 0. The molecule has 0 aromatic rings. The van der Waals surface area contributed by atoms with Crippen molar-refractivity contribution in [1.82, 2.24) is 0 Å². The summed E-state index contributed by atoms with van der Waals surface area (Å²) in [6, 6.07) is 0. The van der Waals surface area contributed by atoms with Crippen LogP contribution in [0.25, 0.3) is 0 Å². The third-order valence-electron chi connectivity index (χ3n) is 0.293. The minimum Gasteiger partial charge on any atom is -0.183 e. The first kappa shape index (κ1) is 7.37. The molecule has 0 unspecified atom stereocenters. The molecule has 0 fully saturated rings. The van der Waals surface area contributed by atoms with Crippen molar-refractivity contribution >= 4 is 46.8 Å². The van der Waals surface area contributed by atoms with E-state index in [1.54, 1.807) is 0 Å². The van der Waals surface area contributed by atoms with Crippen molar-refractivity contribution in [2.75, 3.05) is 5.75 Å². The lowest BCUT2D eigenvalue weighted by Crippen LogP contribution is -1.80. The molecule has 36 valence electrons. The van der Waals surface area contributed by atoms with E-state index >= 15 is 0 Å². The fraction of sp³-hybridized carbons (Fsp3) is 1.00. The van der Waals surface area contributed by atoms with Crippen molar-refractivity contribution in [3.8, 4) is 0 Å². The van der Waals surface area contributed by atoms with Crippen LogP contribution in [0.5, 0.6) is 0 Å². The van der Waals surface area contributed by atoms with Crippen LogP contribution in [0, 0.1) is 0 Å². The van der Waals surface area contributed by atoms with Gasteiger partial charge in [-0.3, -0.25) is 0 Å². The molecule has 0 saturated heterocycles. The standard InChI is InChI=1S/C2H5BBr2S/c1-2-6-3(4)5/h2H2,1H3. The second-order valence-electron chi connectivity index (χ2n) is 0.716. The predicted octanol–water partition coefficient (Wildman–Crippen LogP) is 2.51. The minimum absolute atomic E-state index is 0.440. The Kier molecular flexibility index (Phi) is 5.57. The molecule has 0 aromatic heterocycles. The van der Waals surface area contributed by atoms with E-state index in [1.165, 1.54) is 0 Å². The van der Waals surface area contributed by atoms with E-state index in [1.807, 2.05) is 11.6 Å². The maximum Gasteiger partial charge on any atom is 0.360 e. The van der Waals surface area contributed by atoms with Crippen molar-refractivity contribution in [2.45, 2.75) is 6.92 Å². The summed E-state index contributed by atoms with van der Waals surface area (Å²) >= 11 is 8.45. The Bertz CT molecular complexity index is 32.7. The van der Waals surface area contributed by atoms with Crippen LogP contribution in [0.2, 0.25) is 0 Å². The Hall–Kier alpha value is 1.37. The minimum atomic E-state index is 0.440. The highest BCUT2D eigenvalue weighted by atomic mass is 79.9. The Morgan fingerprint density at radius 1 is 1.67 bits per heavy atom. The highest BCUT2D eigenvalue weighted by molar-refractivity contribution is 9.55. The highest BCUT2D eigenvalue weighted by Gasteiger charge is 1.98. The van der Waals surface area contributed by atoms with Crippen molar-refractivity contribution in [2.24, 2.45) is 0 Å². The summed E-state index contributed by atoms with van der Waals surface area (Å²) in [7, 11) is 0. The number of hydrogen-bond acceptors (Lipinski definition) is 1. The van der Waals surface area contributed by atoms with Gasteiger partial charge < -0.3 is 0 Å². The third kappa shape index (κ3) is 5.37. The van der Waals surface area contributed by atoms with Crippen LogP contribution in [-0.4, -0.2) is 9.39 Å². The molecule has 0 aliphatic rings. The molecule has 0 aromatic carbocycles. The highest BCUT2D eigenvalue weighted by Crippen LogP contribution is 2.16.